The Morgan fingerprint density at radius 1 is 1.06 bits per heavy atom. The summed E-state index contributed by atoms with van der Waals surface area (Å²) in [6.07, 6.45) is 1.04. The minimum atomic E-state index is -0.532. The molecule has 1 aliphatic heterocycles. The third kappa shape index (κ3) is 1.70. The fourth-order valence-corrected chi connectivity index (χ4v) is 3.19. The molecule has 1 aliphatic carbocycles. The van der Waals surface area contributed by atoms with E-state index >= 15 is 0 Å². The van der Waals surface area contributed by atoms with E-state index in [1.165, 1.54) is 11.3 Å². The molecule has 2 aliphatic rings. The molecule has 1 saturated heterocycles. The van der Waals surface area contributed by atoms with E-state index < -0.39 is 6.17 Å². The van der Waals surface area contributed by atoms with Gasteiger partial charge in [0.1, 0.15) is 6.17 Å². The molecule has 3 rings (SSSR count). The van der Waals surface area contributed by atoms with Crippen LogP contribution >= 0.6 is 0 Å². The quantitative estimate of drug-likeness (QED) is 0.701. The fraction of sp³-hybridized carbons (Fsp3) is 0.571. The number of aryl methyl sites for hydroxylation is 1. The lowest BCUT2D eigenvalue weighted by Gasteiger charge is -2.20. The van der Waals surface area contributed by atoms with Gasteiger partial charge in [0.05, 0.1) is 0 Å². The first-order chi connectivity index (χ1) is 7.72. The van der Waals surface area contributed by atoms with Gasteiger partial charge in [0.15, 0.2) is 0 Å². The summed E-state index contributed by atoms with van der Waals surface area (Å²) in [4.78, 5) is 2.42. The molecule has 1 nitrogen and oxygen atoms in total. The predicted octanol–water partition coefficient (Wildman–Crippen LogP) is 3.18. The average Bonchev–Trinajstić information content (AvgIpc) is 2.75. The summed E-state index contributed by atoms with van der Waals surface area (Å²) in [5.41, 5.74) is 2.60. The number of rotatable bonds is 1. The largest absolute Gasteiger partial charge is 0.371 e. The molecule has 2 atom stereocenters. The second kappa shape index (κ2) is 3.76. The van der Waals surface area contributed by atoms with Crippen molar-refractivity contribution in [3.63, 3.8) is 0 Å². The van der Waals surface area contributed by atoms with Crippen LogP contribution in [0.25, 0.3) is 0 Å². The molecular weight excluding hydrogens is 201 g/mol. The maximum Gasteiger partial charge on any atom is 0.101 e. The Balaban J connectivity index is 1.73. The van der Waals surface area contributed by atoms with Gasteiger partial charge in [-0.05, 0) is 43.7 Å². The Kier molecular flexibility index (Phi) is 2.38. The predicted molar refractivity (Wildman–Crippen MR) is 64.5 cm³/mol. The van der Waals surface area contributed by atoms with Crippen LogP contribution in [0.1, 0.15) is 18.4 Å². The van der Waals surface area contributed by atoms with Crippen molar-refractivity contribution in [2.75, 3.05) is 18.0 Å². The summed E-state index contributed by atoms with van der Waals surface area (Å²) in [6.45, 7) is 4.21. The molecule has 1 heterocycles. The van der Waals surface area contributed by atoms with Gasteiger partial charge in [0.2, 0.25) is 0 Å². The Morgan fingerprint density at radius 2 is 1.62 bits per heavy atom. The lowest BCUT2D eigenvalue weighted by Crippen LogP contribution is -2.21. The van der Waals surface area contributed by atoms with Gasteiger partial charge < -0.3 is 4.90 Å². The van der Waals surface area contributed by atoms with Gasteiger partial charge in [-0.3, -0.25) is 0 Å². The molecule has 86 valence electrons. The lowest BCUT2D eigenvalue weighted by atomic mass is 10.0. The van der Waals surface area contributed by atoms with Crippen molar-refractivity contribution >= 4 is 5.69 Å². The lowest BCUT2D eigenvalue weighted by molar-refractivity contribution is 0.326. The molecule has 2 heteroatoms. The SMILES string of the molecule is Cc1ccc(N2CC3CC(F)CC3C2)cc1. The highest BCUT2D eigenvalue weighted by atomic mass is 19.1. The van der Waals surface area contributed by atoms with E-state index in [1.54, 1.807) is 0 Å². The number of nitrogens with zero attached hydrogens (tertiary/aromatic N) is 1. The van der Waals surface area contributed by atoms with E-state index in [0.29, 0.717) is 11.8 Å². The van der Waals surface area contributed by atoms with Gasteiger partial charge >= 0.3 is 0 Å². The smallest absolute Gasteiger partial charge is 0.101 e. The van der Waals surface area contributed by atoms with E-state index in [2.05, 4.69) is 36.1 Å². The monoisotopic (exact) mass is 219 g/mol. The van der Waals surface area contributed by atoms with Crippen molar-refractivity contribution in [2.45, 2.75) is 25.9 Å². The highest BCUT2D eigenvalue weighted by Crippen LogP contribution is 2.40. The number of anilines is 1. The van der Waals surface area contributed by atoms with Crippen LogP contribution in [0, 0.1) is 18.8 Å². The van der Waals surface area contributed by atoms with Crippen molar-refractivity contribution in [3.05, 3.63) is 29.8 Å². The number of fused-ring (bicyclic) bond motifs is 1. The molecule has 1 aromatic carbocycles. The van der Waals surface area contributed by atoms with Crippen LogP contribution in [0.3, 0.4) is 0 Å². The molecule has 2 fully saturated rings. The molecule has 2 unspecified atom stereocenters. The van der Waals surface area contributed by atoms with Crippen molar-refractivity contribution in [1.29, 1.82) is 0 Å². The molecule has 0 bridgehead atoms. The van der Waals surface area contributed by atoms with Gasteiger partial charge in [-0.2, -0.15) is 0 Å². The van der Waals surface area contributed by atoms with E-state index in [4.69, 9.17) is 0 Å². The van der Waals surface area contributed by atoms with Crippen LogP contribution in [0.4, 0.5) is 10.1 Å². The Morgan fingerprint density at radius 3 is 2.19 bits per heavy atom. The van der Waals surface area contributed by atoms with E-state index in [-0.39, 0.29) is 0 Å². The van der Waals surface area contributed by atoms with Crippen LogP contribution in [-0.4, -0.2) is 19.3 Å². The standard InChI is InChI=1S/C14H18FN/c1-10-2-4-14(5-3-10)16-8-11-6-13(15)7-12(11)9-16/h2-5,11-13H,6-9H2,1H3. The number of alkyl halides is 1. The van der Waals surface area contributed by atoms with Gasteiger partial charge in [-0.25, -0.2) is 4.39 Å². The summed E-state index contributed by atoms with van der Waals surface area (Å²) in [6, 6.07) is 8.68. The van der Waals surface area contributed by atoms with Crippen LogP contribution in [-0.2, 0) is 0 Å². The Bertz CT molecular complexity index is 359. The molecule has 0 spiro atoms. The first-order valence-electron chi connectivity index (χ1n) is 6.18. The topological polar surface area (TPSA) is 3.24 Å². The summed E-state index contributed by atoms with van der Waals surface area (Å²) in [5.74, 6) is 1.19. The third-order valence-corrected chi connectivity index (χ3v) is 4.09. The first kappa shape index (κ1) is 10.1. The second-order valence-corrected chi connectivity index (χ2v) is 5.33. The van der Waals surface area contributed by atoms with E-state index in [9.17, 15) is 4.39 Å². The van der Waals surface area contributed by atoms with Crippen LogP contribution in [0.15, 0.2) is 24.3 Å². The molecule has 16 heavy (non-hydrogen) atoms. The maximum absolute atomic E-state index is 13.2. The van der Waals surface area contributed by atoms with Crippen LogP contribution in [0.5, 0.6) is 0 Å². The third-order valence-electron chi connectivity index (χ3n) is 4.09. The molecular formula is C14H18FN. The number of hydrogen-bond acceptors (Lipinski definition) is 1. The summed E-state index contributed by atoms with van der Waals surface area (Å²) in [5, 5.41) is 0. The zero-order valence-electron chi connectivity index (χ0n) is 9.70. The van der Waals surface area contributed by atoms with Crippen molar-refractivity contribution in [1.82, 2.24) is 0 Å². The zero-order chi connectivity index (χ0) is 11.1. The normalized spacial score (nSPS) is 33.1. The van der Waals surface area contributed by atoms with Gasteiger partial charge in [0, 0.05) is 18.8 Å². The highest BCUT2D eigenvalue weighted by Gasteiger charge is 2.40. The van der Waals surface area contributed by atoms with Gasteiger partial charge in [0.25, 0.3) is 0 Å². The van der Waals surface area contributed by atoms with Gasteiger partial charge in [-0.15, -0.1) is 0 Å². The Labute approximate surface area is 96.3 Å². The minimum absolute atomic E-state index is 0.532. The zero-order valence-corrected chi connectivity index (χ0v) is 9.70. The first-order valence-corrected chi connectivity index (χ1v) is 6.18. The summed E-state index contributed by atoms with van der Waals surface area (Å²) in [7, 11) is 0. The molecule has 0 N–H and O–H groups in total. The number of benzene rings is 1. The minimum Gasteiger partial charge on any atom is -0.371 e. The maximum atomic E-state index is 13.2. The Hall–Kier alpha value is -1.05. The molecule has 0 amide bonds. The second-order valence-electron chi connectivity index (χ2n) is 5.33. The number of hydrogen-bond donors (Lipinski definition) is 0. The van der Waals surface area contributed by atoms with Crippen LogP contribution < -0.4 is 4.90 Å². The summed E-state index contributed by atoms with van der Waals surface area (Å²) >= 11 is 0. The average molecular weight is 219 g/mol. The van der Waals surface area contributed by atoms with Gasteiger partial charge in [-0.1, -0.05) is 17.7 Å². The van der Waals surface area contributed by atoms with Crippen molar-refractivity contribution in [2.24, 2.45) is 11.8 Å². The summed E-state index contributed by atoms with van der Waals surface area (Å²) < 4.78 is 13.2. The van der Waals surface area contributed by atoms with E-state index in [1.807, 2.05) is 0 Å². The molecule has 1 aromatic rings. The molecule has 0 aromatic heterocycles. The van der Waals surface area contributed by atoms with Crippen molar-refractivity contribution in [3.8, 4) is 0 Å². The van der Waals surface area contributed by atoms with Crippen LogP contribution in [0.2, 0.25) is 0 Å². The van der Waals surface area contributed by atoms with Crippen molar-refractivity contribution < 1.29 is 4.39 Å². The fourth-order valence-electron chi connectivity index (χ4n) is 3.19. The molecule has 0 radical (unpaired) electrons. The number of halogens is 1. The van der Waals surface area contributed by atoms with E-state index in [0.717, 1.165) is 25.9 Å². The highest BCUT2D eigenvalue weighted by molar-refractivity contribution is 5.48. The molecule has 1 saturated carbocycles.